The van der Waals surface area contributed by atoms with Gasteiger partial charge in [0.15, 0.2) is 0 Å². The van der Waals surface area contributed by atoms with E-state index < -0.39 is 5.97 Å². The Labute approximate surface area is 201 Å². The zero-order chi connectivity index (χ0) is 24.2. The number of fused-ring (bicyclic) bond motifs is 1. The van der Waals surface area contributed by atoms with E-state index in [9.17, 15) is 14.7 Å². The van der Waals surface area contributed by atoms with Gasteiger partial charge in [-0.3, -0.25) is 14.6 Å². The molecule has 0 saturated carbocycles. The van der Waals surface area contributed by atoms with Crippen LogP contribution in [-0.2, 0) is 0 Å². The summed E-state index contributed by atoms with van der Waals surface area (Å²) in [5.41, 5.74) is 4.06. The number of anilines is 1. The molecule has 12 heteroatoms. The molecule has 35 heavy (non-hydrogen) atoms. The third kappa shape index (κ3) is 4.50. The van der Waals surface area contributed by atoms with Crippen molar-refractivity contribution in [3.8, 4) is 5.69 Å². The lowest BCUT2D eigenvalue weighted by molar-refractivity contribution is 0.0698. The number of carboxylic acids is 1. The van der Waals surface area contributed by atoms with E-state index in [0.29, 0.717) is 15.8 Å². The largest absolute Gasteiger partial charge is 0.478 e. The Balaban J connectivity index is 1.55. The average molecular weight is 485 g/mol. The predicted octanol–water partition coefficient (Wildman–Crippen LogP) is 2.97. The number of aromatic nitrogens is 6. The minimum Gasteiger partial charge on any atom is -0.478 e. The molecule has 0 radical (unpaired) electrons. The Kier molecular flexibility index (Phi) is 6.01. The second-order valence-corrected chi connectivity index (χ2v) is 8.05. The standard InChI is InChI=1S/C23H16N8O3S/c32-21-17(14-24-26-18-11-5-4-10-16(18)22(33)34)20(25-19-12-6-7-13-30(19)21)35-23-27-28-29-31(23)15-8-2-1-3-9-15/h1-14,26H,(H,33,34). The maximum absolute atomic E-state index is 13.3. The highest BCUT2D eigenvalue weighted by Crippen LogP contribution is 2.27. The number of nitrogens with zero attached hydrogens (tertiary/aromatic N) is 7. The van der Waals surface area contributed by atoms with E-state index in [4.69, 9.17) is 0 Å². The van der Waals surface area contributed by atoms with E-state index in [1.54, 1.807) is 47.3 Å². The van der Waals surface area contributed by atoms with Crippen LogP contribution in [0.4, 0.5) is 5.69 Å². The van der Waals surface area contributed by atoms with Crippen molar-refractivity contribution in [1.82, 2.24) is 29.6 Å². The lowest BCUT2D eigenvalue weighted by Gasteiger charge is -2.08. The summed E-state index contributed by atoms with van der Waals surface area (Å²) < 4.78 is 2.94. The molecule has 2 aromatic carbocycles. The van der Waals surface area contributed by atoms with E-state index in [-0.39, 0.29) is 22.4 Å². The maximum Gasteiger partial charge on any atom is 0.337 e. The van der Waals surface area contributed by atoms with Crippen LogP contribution in [0.3, 0.4) is 0 Å². The lowest BCUT2D eigenvalue weighted by Crippen LogP contribution is -2.21. The number of hydrazone groups is 1. The summed E-state index contributed by atoms with van der Waals surface area (Å²) in [7, 11) is 0. The zero-order valence-corrected chi connectivity index (χ0v) is 18.7. The number of hydrogen-bond donors (Lipinski definition) is 2. The fourth-order valence-electron chi connectivity index (χ4n) is 3.26. The first-order chi connectivity index (χ1) is 17.1. The van der Waals surface area contributed by atoms with Crippen LogP contribution in [-0.4, -0.2) is 46.9 Å². The molecular formula is C23H16N8O3S. The monoisotopic (exact) mass is 484 g/mol. The van der Waals surface area contributed by atoms with E-state index in [0.717, 1.165) is 17.4 Å². The highest BCUT2D eigenvalue weighted by Gasteiger charge is 2.17. The Morgan fingerprint density at radius 3 is 2.63 bits per heavy atom. The second-order valence-electron chi connectivity index (χ2n) is 7.10. The van der Waals surface area contributed by atoms with Crippen molar-refractivity contribution in [3.63, 3.8) is 0 Å². The quantitative estimate of drug-likeness (QED) is 0.203. The molecule has 2 N–H and O–H groups in total. The first kappa shape index (κ1) is 22.0. The molecule has 0 fully saturated rings. The molecule has 5 rings (SSSR count). The van der Waals surface area contributed by atoms with E-state index in [2.05, 4.69) is 31.0 Å². The van der Waals surface area contributed by atoms with Crippen molar-refractivity contribution in [2.75, 3.05) is 5.43 Å². The van der Waals surface area contributed by atoms with Crippen LogP contribution in [0.25, 0.3) is 11.3 Å². The molecule has 0 amide bonds. The Bertz CT molecular complexity index is 1610. The topological polar surface area (TPSA) is 140 Å². The maximum atomic E-state index is 13.3. The first-order valence-electron chi connectivity index (χ1n) is 10.3. The van der Waals surface area contributed by atoms with Crippen molar-refractivity contribution in [1.29, 1.82) is 0 Å². The van der Waals surface area contributed by atoms with Crippen molar-refractivity contribution in [2.45, 2.75) is 10.2 Å². The summed E-state index contributed by atoms with van der Waals surface area (Å²) in [5.74, 6) is -1.10. The lowest BCUT2D eigenvalue weighted by atomic mass is 10.2. The molecule has 3 heterocycles. The summed E-state index contributed by atoms with van der Waals surface area (Å²) in [6.07, 6.45) is 2.92. The number of hydrogen-bond acceptors (Lipinski definition) is 9. The molecule has 172 valence electrons. The number of aromatic carboxylic acids is 1. The Morgan fingerprint density at radius 2 is 1.80 bits per heavy atom. The molecule has 3 aromatic heterocycles. The number of benzene rings is 2. The third-order valence-corrected chi connectivity index (χ3v) is 5.84. The zero-order valence-electron chi connectivity index (χ0n) is 17.9. The highest BCUT2D eigenvalue weighted by atomic mass is 32.2. The van der Waals surface area contributed by atoms with E-state index in [1.807, 2.05) is 30.3 Å². The number of nitrogens with one attached hydrogen (secondary N) is 1. The smallest absolute Gasteiger partial charge is 0.337 e. The van der Waals surface area contributed by atoms with E-state index >= 15 is 0 Å². The van der Waals surface area contributed by atoms with Gasteiger partial charge < -0.3 is 5.11 Å². The first-order valence-corrected chi connectivity index (χ1v) is 11.1. The molecule has 0 spiro atoms. The molecule has 11 nitrogen and oxygen atoms in total. The van der Waals surface area contributed by atoms with Gasteiger partial charge >= 0.3 is 5.97 Å². The fourth-order valence-corrected chi connectivity index (χ4v) is 4.13. The van der Waals surface area contributed by atoms with Gasteiger partial charge in [-0.2, -0.15) is 9.78 Å². The number of rotatable bonds is 7. The van der Waals surface area contributed by atoms with Gasteiger partial charge in [0, 0.05) is 6.20 Å². The van der Waals surface area contributed by atoms with Gasteiger partial charge in [0.05, 0.1) is 28.7 Å². The molecule has 0 bridgehead atoms. The normalized spacial score (nSPS) is 11.2. The number of para-hydroxylation sites is 2. The van der Waals surface area contributed by atoms with Gasteiger partial charge in [-0.15, -0.1) is 5.10 Å². The van der Waals surface area contributed by atoms with Gasteiger partial charge in [0.2, 0.25) is 5.16 Å². The molecule has 0 aliphatic carbocycles. The van der Waals surface area contributed by atoms with Crippen molar-refractivity contribution in [2.24, 2.45) is 5.10 Å². The van der Waals surface area contributed by atoms with Crippen LogP contribution in [0.2, 0.25) is 0 Å². The third-order valence-electron chi connectivity index (χ3n) is 4.90. The van der Waals surface area contributed by atoms with Crippen molar-refractivity contribution in [3.05, 3.63) is 100 Å². The number of carbonyl (C=O) groups is 1. The summed E-state index contributed by atoms with van der Waals surface area (Å²) >= 11 is 1.11. The Hall–Kier alpha value is -4.84. The van der Waals surface area contributed by atoms with Gasteiger partial charge in [-0.25, -0.2) is 9.78 Å². The molecule has 0 unspecified atom stereocenters. The van der Waals surface area contributed by atoms with Crippen LogP contribution in [0.15, 0.2) is 99.1 Å². The number of carboxylic acid groups (broad SMARTS) is 1. The van der Waals surface area contributed by atoms with Crippen LogP contribution in [0, 0.1) is 0 Å². The van der Waals surface area contributed by atoms with Crippen LogP contribution >= 0.6 is 11.8 Å². The van der Waals surface area contributed by atoms with Gasteiger partial charge in [-0.05, 0) is 58.6 Å². The number of pyridine rings is 1. The van der Waals surface area contributed by atoms with Crippen LogP contribution in [0.5, 0.6) is 0 Å². The molecule has 0 saturated heterocycles. The van der Waals surface area contributed by atoms with Gasteiger partial charge in [0.1, 0.15) is 10.7 Å². The van der Waals surface area contributed by atoms with Crippen LogP contribution < -0.4 is 11.0 Å². The van der Waals surface area contributed by atoms with Gasteiger partial charge in [0.25, 0.3) is 5.56 Å². The molecule has 0 aliphatic heterocycles. The number of tetrazole rings is 1. The minimum atomic E-state index is -1.10. The minimum absolute atomic E-state index is 0.0506. The van der Waals surface area contributed by atoms with Crippen molar-refractivity contribution < 1.29 is 9.90 Å². The molecular weight excluding hydrogens is 468 g/mol. The summed E-state index contributed by atoms with van der Waals surface area (Å²) in [6.45, 7) is 0. The Morgan fingerprint density at radius 1 is 1.03 bits per heavy atom. The van der Waals surface area contributed by atoms with Crippen LogP contribution in [0.1, 0.15) is 15.9 Å². The highest BCUT2D eigenvalue weighted by molar-refractivity contribution is 7.99. The predicted molar refractivity (Wildman–Crippen MR) is 129 cm³/mol. The summed E-state index contributed by atoms with van der Waals surface area (Å²) in [6, 6.07) is 20.9. The van der Waals surface area contributed by atoms with Gasteiger partial charge in [-0.1, -0.05) is 36.4 Å². The molecule has 0 atom stereocenters. The fraction of sp³-hybridized carbons (Fsp3) is 0. The SMILES string of the molecule is O=C(O)c1ccccc1NN=Cc1c(Sc2nnnn2-c2ccccc2)nc2ccccn2c1=O. The summed E-state index contributed by atoms with van der Waals surface area (Å²) in [5, 5.41) is 26.1. The van der Waals surface area contributed by atoms with E-state index in [1.165, 1.54) is 16.7 Å². The molecule has 5 aromatic rings. The molecule has 0 aliphatic rings. The summed E-state index contributed by atoms with van der Waals surface area (Å²) in [4.78, 5) is 29.4. The second kappa shape index (κ2) is 9.57. The average Bonchev–Trinajstić information content (AvgIpc) is 3.35. The van der Waals surface area contributed by atoms with Crippen molar-refractivity contribution >= 4 is 35.3 Å².